The van der Waals surface area contributed by atoms with Crippen molar-refractivity contribution in [3.05, 3.63) is 17.5 Å². The number of aliphatic hydroxyl groups excluding tert-OH is 1. The number of aliphatic hydroxyl groups is 1. The SMILES string of the molecule is Cn1nc(C2CCCCS2(=O)=O)cc1CO. The first-order valence-corrected chi connectivity index (χ1v) is 7.11. The molecule has 0 saturated carbocycles. The molecule has 2 heterocycles. The zero-order valence-corrected chi connectivity index (χ0v) is 10.1. The first kappa shape index (κ1) is 11.6. The van der Waals surface area contributed by atoms with Crippen molar-refractivity contribution in [1.82, 2.24) is 9.78 Å². The van der Waals surface area contributed by atoms with Crippen LogP contribution < -0.4 is 0 Å². The van der Waals surface area contributed by atoms with E-state index in [1.54, 1.807) is 17.8 Å². The predicted molar refractivity (Wildman–Crippen MR) is 59.5 cm³/mol. The summed E-state index contributed by atoms with van der Waals surface area (Å²) in [4.78, 5) is 0. The second kappa shape index (κ2) is 4.18. The van der Waals surface area contributed by atoms with Gasteiger partial charge in [-0.3, -0.25) is 4.68 Å². The predicted octanol–water partition coefficient (Wildman–Crippen LogP) is 0.552. The fourth-order valence-corrected chi connectivity index (χ4v) is 4.02. The van der Waals surface area contributed by atoms with Crippen LogP contribution in [0.25, 0.3) is 0 Å². The Morgan fingerprint density at radius 3 is 2.88 bits per heavy atom. The van der Waals surface area contributed by atoms with Crippen LogP contribution in [-0.4, -0.2) is 29.1 Å². The molecule has 5 nitrogen and oxygen atoms in total. The van der Waals surface area contributed by atoms with Crippen LogP contribution in [0.5, 0.6) is 0 Å². The highest BCUT2D eigenvalue weighted by Crippen LogP contribution is 2.32. The Morgan fingerprint density at radius 1 is 1.56 bits per heavy atom. The summed E-state index contributed by atoms with van der Waals surface area (Å²) in [6, 6.07) is 1.69. The van der Waals surface area contributed by atoms with Gasteiger partial charge in [0.2, 0.25) is 0 Å². The second-order valence-corrected chi connectivity index (χ2v) is 6.50. The van der Waals surface area contributed by atoms with E-state index in [0.717, 1.165) is 12.8 Å². The summed E-state index contributed by atoms with van der Waals surface area (Å²) in [5.41, 5.74) is 1.22. The lowest BCUT2D eigenvalue weighted by Crippen LogP contribution is -2.22. The molecule has 0 aliphatic carbocycles. The largest absolute Gasteiger partial charge is 0.390 e. The minimum absolute atomic E-state index is 0.115. The van der Waals surface area contributed by atoms with E-state index in [-0.39, 0.29) is 12.4 Å². The number of hydrogen-bond donors (Lipinski definition) is 1. The third-order valence-electron chi connectivity index (χ3n) is 3.07. The third-order valence-corrected chi connectivity index (χ3v) is 5.27. The van der Waals surface area contributed by atoms with Crippen molar-refractivity contribution in [2.75, 3.05) is 5.75 Å². The molecule has 1 aliphatic rings. The molecule has 0 radical (unpaired) electrons. The van der Waals surface area contributed by atoms with Gasteiger partial charge in [0.1, 0.15) is 5.25 Å². The Bertz CT molecular complexity index is 478. The van der Waals surface area contributed by atoms with Crippen molar-refractivity contribution in [2.45, 2.75) is 31.1 Å². The molecule has 1 aromatic rings. The van der Waals surface area contributed by atoms with Crippen molar-refractivity contribution in [3.63, 3.8) is 0 Å². The van der Waals surface area contributed by atoms with Gasteiger partial charge in [0.25, 0.3) is 0 Å². The number of hydrogen-bond acceptors (Lipinski definition) is 4. The van der Waals surface area contributed by atoms with E-state index in [2.05, 4.69) is 5.10 Å². The fourth-order valence-electron chi connectivity index (χ4n) is 2.12. The van der Waals surface area contributed by atoms with Gasteiger partial charge in [-0.05, 0) is 18.9 Å². The molecule has 6 heteroatoms. The van der Waals surface area contributed by atoms with E-state index in [0.29, 0.717) is 17.8 Å². The van der Waals surface area contributed by atoms with Crippen molar-refractivity contribution >= 4 is 9.84 Å². The van der Waals surface area contributed by atoms with Crippen LogP contribution in [0.1, 0.15) is 35.9 Å². The van der Waals surface area contributed by atoms with Gasteiger partial charge < -0.3 is 5.11 Å². The van der Waals surface area contributed by atoms with E-state index in [4.69, 9.17) is 5.11 Å². The Balaban J connectivity index is 2.35. The molecule has 0 amide bonds. The number of aryl methyl sites for hydroxylation is 1. The number of nitrogens with zero attached hydrogens (tertiary/aromatic N) is 2. The van der Waals surface area contributed by atoms with Crippen LogP contribution in [0.3, 0.4) is 0 Å². The van der Waals surface area contributed by atoms with E-state index in [9.17, 15) is 8.42 Å². The maximum atomic E-state index is 11.9. The average Bonchev–Trinajstić information content (AvgIpc) is 2.58. The first-order chi connectivity index (χ1) is 7.54. The van der Waals surface area contributed by atoms with Crippen LogP contribution in [0.15, 0.2) is 6.07 Å². The monoisotopic (exact) mass is 244 g/mol. The molecule has 1 fully saturated rings. The zero-order chi connectivity index (χ0) is 11.8. The number of rotatable bonds is 2. The van der Waals surface area contributed by atoms with Gasteiger partial charge in [-0.25, -0.2) is 8.42 Å². The minimum atomic E-state index is -3.05. The number of aromatic nitrogens is 2. The topological polar surface area (TPSA) is 72.2 Å². The molecule has 1 saturated heterocycles. The van der Waals surface area contributed by atoms with Crippen LogP contribution >= 0.6 is 0 Å². The maximum Gasteiger partial charge on any atom is 0.158 e. The maximum absolute atomic E-state index is 11.9. The molecule has 16 heavy (non-hydrogen) atoms. The van der Waals surface area contributed by atoms with Gasteiger partial charge in [0.05, 0.1) is 23.7 Å². The van der Waals surface area contributed by atoms with Crippen LogP contribution in [0.4, 0.5) is 0 Å². The first-order valence-electron chi connectivity index (χ1n) is 5.40. The van der Waals surface area contributed by atoms with Crippen LogP contribution in [-0.2, 0) is 23.5 Å². The van der Waals surface area contributed by atoms with Crippen LogP contribution in [0, 0.1) is 0 Å². The van der Waals surface area contributed by atoms with Gasteiger partial charge in [-0.2, -0.15) is 5.10 Å². The summed E-state index contributed by atoms with van der Waals surface area (Å²) in [7, 11) is -1.33. The van der Waals surface area contributed by atoms with Gasteiger partial charge in [0.15, 0.2) is 9.84 Å². The molecule has 1 aromatic heterocycles. The Morgan fingerprint density at radius 2 is 2.31 bits per heavy atom. The van der Waals surface area contributed by atoms with Gasteiger partial charge in [-0.15, -0.1) is 0 Å². The summed E-state index contributed by atoms with van der Waals surface area (Å²) in [5.74, 6) is 0.253. The fraction of sp³-hybridized carbons (Fsp3) is 0.700. The third kappa shape index (κ3) is 1.99. The Labute approximate surface area is 95.0 Å². The zero-order valence-electron chi connectivity index (χ0n) is 9.26. The van der Waals surface area contributed by atoms with E-state index >= 15 is 0 Å². The molecule has 1 atom stereocenters. The molecule has 1 aliphatic heterocycles. The van der Waals surface area contributed by atoms with Crippen LogP contribution in [0.2, 0.25) is 0 Å². The molecule has 0 aromatic carbocycles. The van der Waals surface area contributed by atoms with Crippen molar-refractivity contribution in [3.8, 4) is 0 Å². The lowest BCUT2D eigenvalue weighted by molar-refractivity contribution is 0.270. The van der Waals surface area contributed by atoms with E-state index in [1.165, 1.54) is 0 Å². The molecule has 0 bridgehead atoms. The van der Waals surface area contributed by atoms with E-state index in [1.807, 2.05) is 0 Å². The molecule has 2 rings (SSSR count). The smallest absolute Gasteiger partial charge is 0.158 e. The highest BCUT2D eigenvalue weighted by atomic mass is 32.2. The number of sulfone groups is 1. The lowest BCUT2D eigenvalue weighted by Gasteiger charge is -2.20. The minimum Gasteiger partial charge on any atom is -0.390 e. The molecule has 90 valence electrons. The second-order valence-electron chi connectivity index (χ2n) is 4.19. The van der Waals surface area contributed by atoms with Crippen molar-refractivity contribution < 1.29 is 13.5 Å². The quantitative estimate of drug-likeness (QED) is 0.824. The van der Waals surface area contributed by atoms with Crippen molar-refractivity contribution in [1.29, 1.82) is 0 Å². The standard InChI is InChI=1S/C10H16N2O3S/c1-12-8(7-13)6-9(11-12)10-4-2-3-5-16(10,14)15/h6,10,13H,2-5,7H2,1H3. The molecular weight excluding hydrogens is 228 g/mol. The molecule has 1 unspecified atom stereocenters. The highest BCUT2D eigenvalue weighted by Gasteiger charge is 2.32. The lowest BCUT2D eigenvalue weighted by atomic mass is 10.1. The summed E-state index contributed by atoms with van der Waals surface area (Å²) < 4.78 is 25.3. The van der Waals surface area contributed by atoms with Gasteiger partial charge in [0, 0.05) is 7.05 Å². The Kier molecular flexibility index (Phi) is 3.03. The highest BCUT2D eigenvalue weighted by molar-refractivity contribution is 7.91. The molecular formula is C10H16N2O3S. The Hall–Kier alpha value is -0.880. The van der Waals surface area contributed by atoms with Crippen molar-refractivity contribution in [2.24, 2.45) is 7.05 Å². The summed E-state index contributed by atoms with van der Waals surface area (Å²) in [6.45, 7) is -0.115. The van der Waals surface area contributed by atoms with E-state index < -0.39 is 15.1 Å². The molecule has 0 spiro atoms. The summed E-state index contributed by atoms with van der Waals surface area (Å²) >= 11 is 0. The summed E-state index contributed by atoms with van der Waals surface area (Å²) in [5, 5.41) is 12.7. The molecule has 1 N–H and O–H groups in total. The summed E-state index contributed by atoms with van der Waals surface area (Å²) in [6.07, 6.45) is 2.32. The average molecular weight is 244 g/mol. The van der Waals surface area contributed by atoms with Gasteiger partial charge >= 0.3 is 0 Å². The van der Waals surface area contributed by atoms with Gasteiger partial charge in [-0.1, -0.05) is 6.42 Å². The normalized spacial score (nSPS) is 24.5.